The standard InChI is InChI=1S/C20H19F3N4O/c21-20(22,23)15-7-5-14(6-8-15)13-24-18-16-3-1-2-4-17(16)25-19(26-18)27-9-11-28-12-10-27/h1-8H,9-13H2,(H,24,25,26). The smallest absolute Gasteiger partial charge is 0.378 e. The summed E-state index contributed by atoms with van der Waals surface area (Å²) >= 11 is 0. The molecule has 0 atom stereocenters. The quantitative estimate of drug-likeness (QED) is 0.729. The van der Waals surface area contributed by atoms with Crippen LogP contribution >= 0.6 is 0 Å². The molecule has 146 valence electrons. The third kappa shape index (κ3) is 4.01. The first-order valence-electron chi connectivity index (χ1n) is 9.00. The molecule has 28 heavy (non-hydrogen) atoms. The molecule has 1 aliphatic heterocycles. The molecule has 1 saturated heterocycles. The number of ether oxygens (including phenoxy) is 1. The summed E-state index contributed by atoms with van der Waals surface area (Å²) in [6.45, 7) is 3.06. The van der Waals surface area contributed by atoms with Gasteiger partial charge in [-0.05, 0) is 29.8 Å². The van der Waals surface area contributed by atoms with E-state index in [-0.39, 0.29) is 0 Å². The summed E-state index contributed by atoms with van der Waals surface area (Å²) in [6.07, 6.45) is -4.33. The predicted molar refractivity (Wildman–Crippen MR) is 101 cm³/mol. The zero-order valence-electron chi connectivity index (χ0n) is 15.0. The number of aromatic nitrogens is 2. The molecule has 0 unspecified atom stereocenters. The maximum Gasteiger partial charge on any atom is 0.416 e. The van der Waals surface area contributed by atoms with Gasteiger partial charge in [-0.15, -0.1) is 0 Å². The molecule has 2 aromatic carbocycles. The lowest BCUT2D eigenvalue weighted by molar-refractivity contribution is -0.137. The predicted octanol–water partition coefficient (Wildman–Crippen LogP) is 4.10. The van der Waals surface area contributed by atoms with Crippen molar-refractivity contribution >= 4 is 22.7 Å². The molecule has 0 amide bonds. The Balaban J connectivity index is 1.58. The van der Waals surface area contributed by atoms with Gasteiger partial charge in [0.2, 0.25) is 5.95 Å². The zero-order chi connectivity index (χ0) is 19.6. The summed E-state index contributed by atoms with van der Waals surface area (Å²) in [6, 6.07) is 12.8. The number of hydrogen-bond acceptors (Lipinski definition) is 5. The SMILES string of the molecule is FC(F)(F)c1ccc(CNc2nc(N3CCOCC3)nc3ccccc23)cc1. The molecule has 1 aliphatic rings. The zero-order valence-corrected chi connectivity index (χ0v) is 15.0. The maximum absolute atomic E-state index is 12.7. The van der Waals surface area contributed by atoms with Gasteiger partial charge in [0, 0.05) is 25.0 Å². The Morgan fingerprint density at radius 3 is 2.39 bits per heavy atom. The van der Waals surface area contributed by atoms with Gasteiger partial charge in [0.15, 0.2) is 0 Å². The van der Waals surface area contributed by atoms with E-state index in [0.29, 0.717) is 31.5 Å². The van der Waals surface area contributed by atoms with Crippen LogP contribution in [0.1, 0.15) is 11.1 Å². The number of halogens is 3. The minimum atomic E-state index is -4.33. The summed E-state index contributed by atoms with van der Waals surface area (Å²) in [4.78, 5) is 11.4. The molecule has 0 spiro atoms. The van der Waals surface area contributed by atoms with Crippen LogP contribution in [0.5, 0.6) is 0 Å². The third-order valence-corrected chi connectivity index (χ3v) is 4.63. The largest absolute Gasteiger partial charge is 0.416 e. The highest BCUT2D eigenvalue weighted by Gasteiger charge is 2.29. The second-order valence-electron chi connectivity index (χ2n) is 6.54. The summed E-state index contributed by atoms with van der Waals surface area (Å²) in [5, 5.41) is 4.12. The second kappa shape index (κ2) is 7.63. The molecule has 4 rings (SSSR count). The van der Waals surface area contributed by atoms with Gasteiger partial charge < -0.3 is 15.0 Å². The van der Waals surface area contributed by atoms with Gasteiger partial charge >= 0.3 is 6.18 Å². The van der Waals surface area contributed by atoms with Crippen LogP contribution in [-0.2, 0) is 17.5 Å². The molecule has 3 aromatic rings. The normalized spacial score (nSPS) is 15.0. The van der Waals surface area contributed by atoms with E-state index >= 15 is 0 Å². The van der Waals surface area contributed by atoms with E-state index in [2.05, 4.69) is 20.2 Å². The first-order chi connectivity index (χ1) is 13.5. The number of alkyl halides is 3. The van der Waals surface area contributed by atoms with Crippen molar-refractivity contribution in [1.82, 2.24) is 9.97 Å². The second-order valence-corrected chi connectivity index (χ2v) is 6.54. The molecule has 1 aromatic heterocycles. The number of nitrogens with one attached hydrogen (secondary N) is 1. The molecule has 8 heteroatoms. The lowest BCUT2D eigenvalue weighted by atomic mass is 10.1. The fraction of sp³-hybridized carbons (Fsp3) is 0.300. The Morgan fingerprint density at radius 2 is 1.68 bits per heavy atom. The van der Waals surface area contributed by atoms with Crippen molar-refractivity contribution in [2.45, 2.75) is 12.7 Å². The molecule has 0 aliphatic carbocycles. The average Bonchev–Trinajstić information content (AvgIpc) is 2.72. The highest BCUT2D eigenvalue weighted by atomic mass is 19.4. The Labute approximate surface area is 160 Å². The molecule has 0 bridgehead atoms. The van der Waals surface area contributed by atoms with Gasteiger partial charge in [0.05, 0.1) is 24.3 Å². The number of nitrogens with zero attached hydrogens (tertiary/aromatic N) is 3. The fourth-order valence-electron chi connectivity index (χ4n) is 3.10. The summed E-state index contributed by atoms with van der Waals surface area (Å²) in [7, 11) is 0. The number of benzene rings is 2. The Bertz CT molecular complexity index is 954. The number of para-hydroxylation sites is 1. The molecule has 1 N–H and O–H groups in total. The average molecular weight is 388 g/mol. The van der Waals surface area contributed by atoms with Crippen molar-refractivity contribution in [2.75, 3.05) is 36.5 Å². The summed E-state index contributed by atoms with van der Waals surface area (Å²) in [5.74, 6) is 1.28. The van der Waals surface area contributed by atoms with Crippen LogP contribution in [0.3, 0.4) is 0 Å². The number of anilines is 2. The van der Waals surface area contributed by atoms with Gasteiger partial charge in [0.25, 0.3) is 0 Å². The highest BCUT2D eigenvalue weighted by molar-refractivity contribution is 5.90. The minimum absolute atomic E-state index is 0.363. The molecular formula is C20H19F3N4O. The van der Waals surface area contributed by atoms with Crippen molar-refractivity contribution in [3.05, 3.63) is 59.7 Å². The summed E-state index contributed by atoms with van der Waals surface area (Å²) in [5.41, 5.74) is 0.899. The Morgan fingerprint density at radius 1 is 0.964 bits per heavy atom. The molecule has 1 fully saturated rings. The number of rotatable bonds is 4. The van der Waals surface area contributed by atoms with Crippen LogP contribution in [0, 0.1) is 0 Å². The maximum atomic E-state index is 12.7. The number of fused-ring (bicyclic) bond motifs is 1. The molecule has 0 radical (unpaired) electrons. The van der Waals surface area contributed by atoms with Crippen LogP contribution < -0.4 is 10.2 Å². The van der Waals surface area contributed by atoms with Gasteiger partial charge in [-0.2, -0.15) is 18.2 Å². The van der Waals surface area contributed by atoms with Gasteiger partial charge in [0.1, 0.15) is 5.82 Å². The van der Waals surface area contributed by atoms with E-state index in [4.69, 9.17) is 4.74 Å². The van der Waals surface area contributed by atoms with Crippen molar-refractivity contribution < 1.29 is 17.9 Å². The van der Waals surface area contributed by atoms with Crippen LogP contribution in [0.2, 0.25) is 0 Å². The first kappa shape index (κ1) is 18.5. The van der Waals surface area contributed by atoms with E-state index in [9.17, 15) is 13.2 Å². The van der Waals surface area contributed by atoms with Crippen molar-refractivity contribution in [2.24, 2.45) is 0 Å². The van der Waals surface area contributed by atoms with Crippen molar-refractivity contribution in [3.63, 3.8) is 0 Å². The number of hydrogen-bond donors (Lipinski definition) is 1. The van der Waals surface area contributed by atoms with Crippen LogP contribution in [0.15, 0.2) is 48.5 Å². The molecule has 0 saturated carbocycles. The van der Waals surface area contributed by atoms with Crippen molar-refractivity contribution in [3.8, 4) is 0 Å². The Kier molecular flexibility index (Phi) is 5.04. The lowest BCUT2D eigenvalue weighted by Gasteiger charge is -2.27. The van der Waals surface area contributed by atoms with Crippen molar-refractivity contribution in [1.29, 1.82) is 0 Å². The van der Waals surface area contributed by atoms with E-state index in [0.717, 1.165) is 41.7 Å². The van der Waals surface area contributed by atoms with Crippen LogP contribution in [0.25, 0.3) is 10.9 Å². The minimum Gasteiger partial charge on any atom is -0.378 e. The summed E-state index contributed by atoms with van der Waals surface area (Å²) < 4.78 is 43.5. The van der Waals surface area contributed by atoms with E-state index < -0.39 is 11.7 Å². The van der Waals surface area contributed by atoms with Crippen LogP contribution in [-0.4, -0.2) is 36.3 Å². The van der Waals surface area contributed by atoms with E-state index in [1.54, 1.807) is 0 Å². The third-order valence-electron chi connectivity index (χ3n) is 4.63. The molecule has 2 heterocycles. The highest BCUT2D eigenvalue weighted by Crippen LogP contribution is 2.29. The fourth-order valence-corrected chi connectivity index (χ4v) is 3.10. The first-order valence-corrected chi connectivity index (χ1v) is 9.00. The monoisotopic (exact) mass is 388 g/mol. The van der Waals surface area contributed by atoms with Gasteiger partial charge in [-0.25, -0.2) is 4.98 Å². The number of morpholine rings is 1. The topological polar surface area (TPSA) is 50.3 Å². The van der Waals surface area contributed by atoms with E-state index in [1.165, 1.54) is 12.1 Å². The Hall–Kier alpha value is -2.87. The van der Waals surface area contributed by atoms with Crippen LogP contribution in [0.4, 0.5) is 24.9 Å². The van der Waals surface area contributed by atoms with E-state index in [1.807, 2.05) is 24.3 Å². The van der Waals surface area contributed by atoms with Gasteiger partial charge in [-0.1, -0.05) is 24.3 Å². The lowest BCUT2D eigenvalue weighted by Crippen LogP contribution is -2.37. The molecule has 5 nitrogen and oxygen atoms in total. The van der Waals surface area contributed by atoms with Gasteiger partial charge in [-0.3, -0.25) is 0 Å². The molecular weight excluding hydrogens is 369 g/mol.